The highest BCUT2D eigenvalue weighted by Crippen LogP contribution is 2.28. The Morgan fingerprint density at radius 2 is 1.77 bits per heavy atom. The van der Waals surface area contributed by atoms with E-state index in [9.17, 15) is 9.59 Å². The lowest BCUT2D eigenvalue weighted by Gasteiger charge is -2.29. The van der Waals surface area contributed by atoms with Gasteiger partial charge in [0.05, 0.1) is 14.5 Å². The predicted molar refractivity (Wildman–Crippen MR) is 129 cm³/mol. The molecule has 2 rings (SSSR count). The van der Waals surface area contributed by atoms with Crippen LogP contribution < -0.4 is 10.1 Å². The van der Waals surface area contributed by atoms with E-state index in [4.69, 9.17) is 39.5 Å². The smallest absolute Gasteiger partial charge is 0.261 e. The molecule has 2 aromatic rings. The van der Waals surface area contributed by atoms with Crippen LogP contribution in [0.2, 0.25) is 15.1 Å². The van der Waals surface area contributed by atoms with Crippen molar-refractivity contribution in [1.29, 1.82) is 0 Å². The molecule has 0 saturated heterocycles. The molecular weight excluding hydrogens is 527 g/mol. The fourth-order valence-electron chi connectivity index (χ4n) is 2.68. The minimum atomic E-state index is -0.710. The number of amides is 2. The first-order valence-electron chi connectivity index (χ1n) is 9.67. The molecule has 0 aromatic heterocycles. The SMILES string of the molecule is CC(C)CNC(=O)C(C)N(Cc1ccc(Cl)c(Cl)c1)C(=O)COc1ccc(Cl)cc1Br. The molecule has 0 aliphatic carbocycles. The Balaban J connectivity index is 2.18. The topological polar surface area (TPSA) is 58.6 Å². The Bertz CT molecular complexity index is 940. The molecule has 0 aliphatic rings. The highest BCUT2D eigenvalue weighted by Gasteiger charge is 2.27. The van der Waals surface area contributed by atoms with Crippen LogP contribution in [0, 0.1) is 5.92 Å². The summed E-state index contributed by atoms with van der Waals surface area (Å²) in [6.07, 6.45) is 0. The summed E-state index contributed by atoms with van der Waals surface area (Å²) in [5.41, 5.74) is 0.749. The molecule has 0 heterocycles. The molecule has 0 spiro atoms. The lowest BCUT2D eigenvalue weighted by atomic mass is 10.1. The number of hydrogen-bond acceptors (Lipinski definition) is 3. The number of benzene rings is 2. The molecular formula is C22H24BrCl3N2O3. The summed E-state index contributed by atoms with van der Waals surface area (Å²) >= 11 is 21.4. The van der Waals surface area contributed by atoms with E-state index in [1.807, 2.05) is 13.8 Å². The van der Waals surface area contributed by atoms with Crippen LogP contribution in [0.25, 0.3) is 0 Å². The Kier molecular flexibility index (Phi) is 9.94. The zero-order valence-corrected chi connectivity index (χ0v) is 21.3. The van der Waals surface area contributed by atoms with Crippen LogP contribution in [0.3, 0.4) is 0 Å². The van der Waals surface area contributed by atoms with E-state index < -0.39 is 6.04 Å². The van der Waals surface area contributed by atoms with Crippen molar-refractivity contribution in [2.24, 2.45) is 5.92 Å². The molecule has 31 heavy (non-hydrogen) atoms. The molecule has 9 heteroatoms. The van der Waals surface area contributed by atoms with Gasteiger partial charge in [0.2, 0.25) is 5.91 Å². The van der Waals surface area contributed by atoms with Gasteiger partial charge >= 0.3 is 0 Å². The molecule has 5 nitrogen and oxygen atoms in total. The first-order chi connectivity index (χ1) is 14.6. The van der Waals surface area contributed by atoms with Gasteiger partial charge in [-0.15, -0.1) is 0 Å². The van der Waals surface area contributed by atoms with Crippen molar-refractivity contribution >= 4 is 62.5 Å². The number of ether oxygens (including phenoxy) is 1. The monoisotopic (exact) mass is 548 g/mol. The second kappa shape index (κ2) is 12.0. The van der Waals surface area contributed by atoms with Crippen LogP contribution in [0.15, 0.2) is 40.9 Å². The highest BCUT2D eigenvalue weighted by molar-refractivity contribution is 9.10. The number of halogens is 4. The van der Waals surface area contributed by atoms with Crippen molar-refractivity contribution in [3.8, 4) is 5.75 Å². The fraction of sp³-hybridized carbons (Fsp3) is 0.364. The maximum Gasteiger partial charge on any atom is 0.261 e. The molecule has 0 aliphatic heterocycles. The van der Waals surface area contributed by atoms with E-state index in [2.05, 4.69) is 21.2 Å². The average Bonchev–Trinajstić information content (AvgIpc) is 2.71. The van der Waals surface area contributed by atoms with Crippen LogP contribution >= 0.6 is 50.7 Å². The van der Waals surface area contributed by atoms with Crippen LogP contribution in [0.4, 0.5) is 0 Å². The van der Waals surface area contributed by atoms with Crippen LogP contribution in [0.5, 0.6) is 5.75 Å². The van der Waals surface area contributed by atoms with Gasteiger partial charge in [-0.1, -0.05) is 54.7 Å². The molecule has 1 unspecified atom stereocenters. The number of carbonyl (C=O) groups excluding carboxylic acids is 2. The fourth-order valence-corrected chi connectivity index (χ4v) is 3.80. The van der Waals surface area contributed by atoms with Crippen molar-refractivity contribution in [3.63, 3.8) is 0 Å². The van der Waals surface area contributed by atoms with Gasteiger partial charge in [0.1, 0.15) is 11.8 Å². The minimum Gasteiger partial charge on any atom is -0.483 e. The average molecular weight is 551 g/mol. The molecule has 168 valence electrons. The number of nitrogens with one attached hydrogen (secondary N) is 1. The molecule has 1 atom stereocenters. The van der Waals surface area contributed by atoms with Gasteiger partial charge in [0.25, 0.3) is 5.91 Å². The molecule has 0 radical (unpaired) electrons. The second-order valence-corrected chi connectivity index (χ2v) is 9.55. The maximum absolute atomic E-state index is 13.1. The van der Waals surface area contributed by atoms with Gasteiger partial charge in [0, 0.05) is 18.1 Å². The third-order valence-electron chi connectivity index (χ3n) is 4.43. The van der Waals surface area contributed by atoms with E-state index in [1.165, 1.54) is 4.90 Å². The predicted octanol–water partition coefficient (Wildman–Crippen LogP) is 5.98. The zero-order chi connectivity index (χ0) is 23.1. The third kappa shape index (κ3) is 7.86. The summed E-state index contributed by atoms with van der Waals surface area (Å²) in [6, 6.07) is 9.41. The molecule has 0 fully saturated rings. The Labute approximate surface area is 206 Å². The molecule has 1 N–H and O–H groups in total. The highest BCUT2D eigenvalue weighted by atomic mass is 79.9. The number of rotatable bonds is 9. The molecule has 2 aromatic carbocycles. The van der Waals surface area contributed by atoms with Crippen molar-refractivity contribution in [3.05, 3.63) is 61.5 Å². The summed E-state index contributed by atoms with van der Waals surface area (Å²) in [4.78, 5) is 27.2. The molecule has 2 amide bonds. The van der Waals surface area contributed by atoms with E-state index in [-0.39, 0.29) is 25.0 Å². The first kappa shape index (κ1) is 25.8. The summed E-state index contributed by atoms with van der Waals surface area (Å²) in [5, 5.41) is 4.21. The Morgan fingerprint density at radius 3 is 2.39 bits per heavy atom. The van der Waals surface area contributed by atoms with Gasteiger partial charge in [0.15, 0.2) is 6.61 Å². The largest absolute Gasteiger partial charge is 0.483 e. The van der Waals surface area contributed by atoms with Gasteiger partial charge in [-0.25, -0.2) is 0 Å². The quantitative estimate of drug-likeness (QED) is 0.418. The van der Waals surface area contributed by atoms with Crippen molar-refractivity contribution < 1.29 is 14.3 Å². The maximum atomic E-state index is 13.1. The van der Waals surface area contributed by atoms with E-state index >= 15 is 0 Å². The molecule has 0 saturated carbocycles. The summed E-state index contributed by atoms with van der Waals surface area (Å²) < 4.78 is 6.30. The number of hydrogen-bond donors (Lipinski definition) is 1. The summed E-state index contributed by atoms with van der Waals surface area (Å²) in [6.45, 7) is 6.14. The lowest BCUT2D eigenvalue weighted by molar-refractivity contribution is -0.142. The molecule has 0 bridgehead atoms. The van der Waals surface area contributed by atoms with E-state index in [0.29, 0.717) is 37.8 Å². The summed E-state index contributed by atoms with van der Waals surface area (Å²) in [5.74, 6) is 0.181. The van der Waals surface area contributed by atoms with Crippen molar-refractivity contribution in [2.75, 3.05) is 13.2 Å². The lowest BCUT2D eigenvalue weighted by Crippen LogP contribution is -2.49. The second-order valence-electron chi connectivity index (χ2n) is 7.45. The van der Waals surface area contributed by atoms with Gasteiger partial charge < -0.3 is 15.0 Å². The number of carbonyl (C=O) groups is 2. The van der Waals surface area contributed by atoms with Crippen LogP contribution in [-0.2, 0) is 16.1 Å². The van der Waals surface area contributed by atoms with Gasteiger partial charge in [-0.3, -0.25) is 9.59 Å². The normalized spacial score (nSPS) is 11.9. The Morgan fingerprint density at radius 1 is 1.06 bits per heavy atom. The van der Waals surface area contributed by atoms with Crippen molar-refractivity contribution in [1.82, 2.24) is 10.2 Å². The first-order valence-corrected chi connectivity index (χ1v) is 11.6. The standard InChI is InChI=1S/C22H24BrCl3N2O3/c1-13(2)10-27-22(30)14(3)28(11-15-4-6-18(25)19(26)8-15)21(29)12-31-20-7-5-16(24)9-17(20)23/h4-9,13-14H,10-12H2,1-3H3,(H,27,30). The summed E-state index contributed by atoms with van der Waals surface area (Å²) in [7, 11) is 0. The van der Waals surface area contributed by atoms with Crippen LogP contribution in [-0.4, -0.2) is 35.9 Å². The minimum absolute atomic E-state index is 0.178. The number of nitrogens with zero attached hydrogens (tertiary/aromatic N) is 1. The third-order valence-corrected chi connectivity index (χ3v) is 6.03. The zero-order valence-electron chi connectivity index (χ0n) is 17.4. The van der Waals surface area contributed by atoms with E-state index in [0.717, 1.165) is 5.56 Å². The van der Waals surface area contributed by atoms with Crippen LogP contribution in [0.1, 0.15) is 26.3 Å². The van der Waals surface area contributed by atoms with Crippen molar-refractivity contribution in [2.45, 2.75) is 33.4 Å². The van der Waals surface area contributed by atoms with Gasteiger partial charge in [-0.2, -0.15) is 0 Å². The van der Waals surface area contributed by atoms with E-state index in [1.54, 1.807) is 43.3 Å². The Hall–Kier alpha value is -1.47. The van der Waals surface area contributed by atoms with Gasteiger partial charge in [-0.05, 0) is 64.7 Å².